The summed E-state index contributed by atoms with van der Waals surface area (Å²) in [6.45, 7) is 0. The van der Waals surface area contributed by atoms with Gasteiger partial charge in [0.05, 0.1) is 22.2 Å². The lowest BCUT2D eigenvalue weighted by molar-refractivity contribution is 1.19. The first-order chi connectivity index (χ1) is 25.3. The molecule has 0 bridgehead atoms. The van der Waals surface area contributed by atoms with E-state index in [1.165, 1.54) is 32.3 Å². The van der Waals surface area contributed by atoms with E-state index in [4.69, 9.17) is 15.0 Å². The standard InChI is InChI=1S/C47H28N4/c1-2-13-29(14-3-1)46-49-43(45-44(50-46)38-21-8-9-22-39(38)47-48-41-23-10-11-24-42(41)51(45)47)32-16-12-15-30(27-32)31-25-26-37-35-19-5-4-17-33(35)34-18-6-7-20-36(34)40(37)28-31/h1-28H. The zero-order valence-electron chi connectivity index (χ0n) is 27.5. The summed E-state index contributed by atoms with van der Waals surface area (Å²) in [6.07, 6.45) is 0. The quantitative estimate of drug-likeness (QED) is 0.179. The average Bonchev–Trinajstić information content (AvgIpc) is 3.61. The Morgan fingerprint density at radius 3 is 1.69 bits per heavy atom. The summed E-state index contributed by atoms with van der Waals surface area (Å²) >= 11 is 0. The maximum atomic E-state index is 5.38. The first-order valence-electron chi connectivity index (χ1n) is 17.3. The second kappa shape index (κ2) is 10.8. The van der Waals surface area contributed by atoms with Gasteiger partial charge in [0.1, 0.15) is 11.2 Å². The van der Waals surface area contributed by atoms with Gasteiger partial charge in [-0.1, -0.05) is 146 Å². The molecule has 0 amide bonds. The molecule has 0 saturated heterocycles. The van der Waals surface area contributed by atoms with Crippen LogP contribution < -0.4 is 0 Å². The normalized spacial score (nSPS) is 11.9. The Kier molecular flexibility index (Phi) is 5.92. The Labute approximate surface area is 292 Å². The van der Waals surface area contributed by atoms with Crippen molar-refractivity contribution in [1.82, 2.24) is 19.4 Å². The third kappa shape index (κ3) is 4.17. The zero-order chi connectivity index (χ0) is 33.5. The lowest BCUT2D eigenvalue weighted by Gasteiger charge is -2.15. The van der Waals surface area contributed by atoms with Gasteiger partial charge in [-0.25, -0.2) is 15.0 Å². The molecule has 3 aromatic heterocycles. The predicted molar refractivity (Wildman–Crippen MR) is 212 cm³/mol. The molecule has 0 aliphatic heterocycles. The summed E-state index contributed by atoms with van der Waals surface area (Å²) in [4.78, 5) is 15.8. The van der Waals surface area contributed by atoms with Crippen LogP contribution in [0.5, 0.6) is 0 Å². The largest absolute Gasteiger partial charge is 0.288 e. The first-order valence-corrected chi connectivity index (χ1v) is 17.3. The third-order valence-electron chi connectivity index (χ3n) is 10.3. The molecule has 0 atom stereocenters. The van der Waals surface area contributed by atoms with E-state index in [1.807, 2.05) is 24.3 Å². The SMILES string of the molecule is c1ccc(-c2nc(-c3cccc(-c4ccc5c6ccccc6c6ccccc6c5c4)c3)c3c(n2)c2ccccc2c2nc4ccccc4n23)cc1. The monoisotopic (exact) mass is 648 g/mol. The van der Waals surface area contributed by atoms with Crippen LogP contribution in [0.25, 0.3) is 105 Å². The van der Waals surface area contributed by atoms with Crippen molar-refractivity contribution in [2.45, 2.75) is 0 Å². The van der Waals surface area contributed by atoms with Gasteiger partial charge in [0.2, 0.25) is 0 Å². The lowest BCUT2D eigenvalue weighted by atomic mass is 9.91. The second-order valence-electron chi connectivity index (χ2n) is 13.2. The molecule has 0 radical (unpaired) electrons. The van der Waals surface area contributed by atoms with Gasteiger partial charge in [-0.05, 0) is 67.7 Å². The van der Waals surface area contributed by atoms with Gasteiger partial charge >= 0.3 is 0 Å². The molecule has 0 spiro atoms. The summed E-state index contributed by atoms with van der Waals surface area (Å²) in [5, 5.41) is 9.73. The van der Waals surface area contributed by atoms with Crippen LogP contribution >= 0.6 is 0 Å². The topological polar surface area (TPSA) is 43.1 Å². The molecule has 4 nitrogen and oxygen atoms in total. The van der Waals surface area contributed by atoms with Crippen LogP contribution in [0.2, 0.25) is 0 Å². The van der Waals surface area contributed by atoms with E-state index in [1.54, 1.807) is 0 Å². The van der Waals surface area contributed by atoms with Gasteiger partial charge in [0.15, 0.2) is 5.82 Å². The molecule has 0 saturated carbocycles. The Morgan fingerprint density at radius 2 is 0.922 bits per heavy atom. The minimum Gasteiger partial charge on any atom is -0.288 e. The first kappa shape index (κ1) is 28.0. The van der Waals surface area contributed by atoms with Gasteiger partial charge in [-0.15, -0.1) is 0 Å². The number of nitrogens with zero attached hydrogens (tertiary/aromatic N) is 4. The van der Waals surface area contributed by atoms with Gasteiger partial charge in [0, 0.05) is 21.9 Å². The molecule has 11 rings (SSSR count). The highest BCUT2D eigenvalue weighted by Gasteiger charge is 2.21. The summed E-state index contributed by atoms with van der Waals surface area (Å²) < 4.78 is 2.26. The molecule has 0 aliphatic carbocycles. The molecule has 236 valence electrons. The number of fused-ring (bicyclic) bond motifs is 14. The van der Waals surface area contributed by atoms with Crippen LogP contribution in [-0.4, -0.2) is 19.4 Å². The summed E-state index contributed by atoms with van der Waals surface area (Å²) in [6, 6.07) is 60.2. The van der Waals surface area contributed by atoms with E-state index in [-0.39, 0.29) is 0 Å². The molecule has 0 unspecified atom stereocenters. The fraction of sp³-hybridized carbons (Fsp3) is 0. The Bertz CT molecular complexity index is 3160. The molecule has 11 aromatic rings. The highest BCUT2D eigenvalue weighted by Crippen LogP contribution is 2.40. The Morgan fingerprint density at radius 1 is 0.353 bits per heavy atom. The zero-order valence-corrected chi connectivity index (χ0v) is 27.5. The van der Waals surface area contributed by atoms with Crippen molar-refractivity contribution in [1.29, 1.82) is 0 Å². The maximum Gasteiger partial charge on any atom is 0.160 e. The molecule has 4 heteroatoms. The Hall–Kier alpha value is -6.91. The molecular formula is C47H28N4. The number of pyridine rings is 1. The number of hydrogen-bond donors (Lipinski definition) is 0. The van der Waals surface area contributed by atoms with E-state index < -0.39 is 0 Å². The minimum absolute atomic E-state index is 0.696. The molecular weight excluding hydrogens is 621 g/mol. The molecule has 51 heavy (non-hydrogen) atoms. The highest BCUT2D eigenvalue weighted by atomic mass is 15.0. The van der Waals surface area contributed by atoms with Crippen LogP contribution in [0, 0.1) is 0 Å². The van der Waals surface area contributed by atoms with Gasteiger partial charge in [0.25, 0.3) is 0 Å². The smallest absolute Gasteiger partial charge is 0.160 e. The van der Waals surface area contributed by atoms with E-state index in [0.29, 0.717) is 5.82 Å². The molecule has 0 fully saturated rings. The number of aromatic nitrogens is 4. The van der Waals surface area contributed by atoms with E-state index in [0.717, 1.165) is 66.4 Å². The van der Waals surface area contributed by atoms with Crippen molar-refractivity contribution in [3.05, 3.63) is 170 Å². The average molecular weight is 649 g/mol. The van der Waals surface area contributed by atoms with Crippen molar-refractivity contribution >= 4 is 70.8 Å². The van der Waals surface area contributed by atoms with Gasteiger partial charge < -0.3 is 0 Å². The third-order valence-corrected chi connectivity index (χ3v) is 10.3. The van der Waals surface area contributed by atoms with Crippen LogP contribution in [0.4, 0.5) is 0 Å². The molecule has 3 heterocycles. The van der Waals surface area contributed by atoms with Crippen LogP contribution in [0.3, 0.4) is 0 Å². The summed E-state index contributed by atoms with van der Waals surface area (Å²) in [7, 11) is 0. The van der Waals surface area contributed by atoms with E-state index >= 15 is 0 Å². The van der Waals surface area contributed by atoms with Gasteiger partial charge in [-0.3, -0.25) is 4.40 Å². The predicted octanol–water partition coefficient (Wildman–Crippen LogP) is 12.0. The fourth-order valence-corrected chi connectivity index (χ4v) is 8.02. The minimum atomic E-state index is 0.696. The van der Waals surface area contributed by atoms with Crippen molar-refractivity contribution in [2.24, 2.45) is 0 Å². The Balaban J connectivity index is 1.22. The van der Waals surface area contributed by atoms with E-state index in [9.17, 15) is 0 Å². The molecule has 0 N–H and O–H groups in total. The maximum absolute atomic E-state index is 5.38. The van der Waals surface area contributed by atoms with Crippen molar-refractivity contribution < 1.29 is 0 Å². The van der Waals surface area contributed by atoms with Crippen LogP contribution in [0.15, 0.2) is 170 Å². The highest BCUT2D eigenvalue weighted by molar-refractivity contribution is 6.25. The fourth-order valence-electron chi connectivity index (χ4n) is 8.02. The van der Waals surface area contributed by atoms with Crippen molar-refractivity contribution in [3.8, 4) is 33.8 Å². The summed E-state index contributed by atoms with van der Waals surface area (Å²) in [5.41, 5.74) is 9.90. The van der Waals surface area contributed by atoms with Crippen LogP contribution in [0.1, 0.15) is 0 Å². The van der Waals surface area contributed by atoms with Crippen LogP contribution in [-0.2, 0) is 0 Å². The van der Waals surface area contributed by atoms with Crippen molar-refractivity contribution in [3.63, 3.8) is 0 Å². The molecule has 8 aromatic carbocycles. The van der Waals surface area contributed by atoms with Gasteiger partial charge in [-0.2, -0.15) is 0 Å². The van der Waals surface area contributed by atoms with Crippen molar-refractivity contribution in [2.75, 3.05) is 0 Å². The summed E-state index contributed by atoms with van der Waals surface area (Å²) in [5.74, 6) is 0.696. The number of para-hydroxylation sites is 2. The number of benzene rings is 8. The lowest BCUT2D eigenvalue weighted by Crippen LogP contribution is -2.01. The number of rotatable bonds is 3. The van der Waals surface area contributed by atoms with E-state index in [2.05, 4.69) is 150 Å². The molecule has 0 aliphatic rings. The second-order valence-corrected chi connectivity index (χ2v) is 13.2. The number of hydrogen-bond acceptors (Lipinski definition) is 3. The number of imidazole rings is 1.